The molecule has 5 heterocycles. The molecule has 1 aliphatic rings. The highest BCUT2D eigenvalue weighted by Crippen LogP contribution is 2.30. The molecule has 0 aromatic carbocycles. The molecule has 4 aromatic rings. The highest BCUT2D eigenvalue weighted by Gasteiger charge is 2.32. The Kier molecular flexibility index (Phi) is 6.22. The molecule has 0 bridgehead atoms. The number of halogens is 3. The van der Waals surface area contributed by atoms with E-state index in [-0.39, 0.29) is 11.9 Å². The first kappa shape index (κ1) is 23.6. The fourth-order valence-electron chi connectivity index (χ4n) is 4.23. The number of carbonyl (C=O) groups excluding carboxylic acids is 1. The molecule has 36 heavy (non-hydrogen) atoms. The largest absolute Gasteiger partial charge is 0.463 e. The number of pyridine rings is 1. The van der Waals surface area contributed by atoms with Crippen LogP contribution in [0.1, 0.15) is 28.5 Å². The lowest BCUT2D eigenvalue weighted by Gasteiger charge is -2.40. The number of nitrogens with zero attached hydrogens (tertiary/aromatic N) is 5. The lowest BCUT2D eigenvalue weighted by molar-refractivity contribution is -0.137. The van der Waals surface area contributed by atoms with Gasteiger partial charge in [-0.1, -0.05) is 0 Å². The van der Waals surface area contributed by atoms with E-state index in [2.05, 4.69) is 35.6 Å². The third kappa shape index (κ3) is 4.96. The van der Waals surface area contributed by atoms with Crippen LogP contribution in [0, 0.1) is 0 Å². The summed E-state index contributed by atoms with van der Waals surface area (Å²) in [4.78, 5) is 21.0. The number of aromatic nitrogens is 5. The lowest BCUT2D eigenvalue weighted by atomic mass is 10.1. The summed E-state index contributed by atoms with van der Waals surface area (Å²) >= 11 is 0. The van der Waals surface area contributed by atoms with Crippen molar-refractivity contribution in [3.05, 3.63) is 65.8 Å². The second-order valence-corrected chi connectivity index (χ2v) is 8.55. The van der Waals surface area contributed by atoms with Gasteiger partial charge in [-0.15, -0.1) is 0 Å². The Hall–Kier alpha value is -4.13. The molecule has 0 unspecified atom stereocenters. The SMILES string of the molecule is C[C@@H]1CN(Cc2cn[nH]c2C(=O)Nc2cc(-c3ccco3)[nH]n2)CCN1c1ccc(C(F)(F)F)cn1. The average Bonchev–Trinajstić information content (AvgIpc) is 3.61. The number of hydrogen-bond donors (Lipinski definition) is 3. The van der Waals surface area contributed by atoms with E-state index in [1.165, 1.54) is 6.07 Å². The van der Waals surface area contributed by atoms with E-state index in [4.69, 9.17) is 4.42 Å². The number of rotatable bonds is 6. The third-order valence-corrected chi connectivity index (χ3v) is 6.03. The maximum atomic E-state index is 12.9. The van der Waals surface area contributed by atoms with Gasteiger partial charge in [-0.3, -0.25) is 19.9 Å². The van der Waals surface area contributed by atoms with Crippen LogP contribution in [-0.2, 0) is 12.7 Å². The number of piperazine rings is 1. The number of H-pyrrole nitrogens is 2. The summed E-state index contributed by atoms with van der Waals surface area (Å²) in [5, 5.41) is 16.5. The van der Waals surface area contributed by atoms with E-state index in [0.717, 1.165) is 17.8 Å². The summed E-state index contributed by atoms with van der Waals surface area (Å²) in [6.07, 6.45) is -0.390. The van der Waals surface area contributed by atoms with E-state index < -0.39 is 11.7 Å². The topological polar surface area (TPSA) is 119 Å². The van der Waals surface area contributed by atoms with Crippen molar-refractivity contribution in [1.82, 2.24) is 30.3 Å². The van der Waals surface area contributed by atoms with Crippen LogP contribution in [0.3, 0.4) is 0 Å². The minimum absolute atomic E-state index is 0.0104. The number of aromatic amines is 2. The normalized spacial score (nSPS) is 16.9. The Morgan fingerprint density at radius 2 is 2.08 bits per heavy atom. The van der Waals surface area contributed by atoms with Gasteiger partial charge in [0.05, 0.1) is 18.0 Å². The standard InChI is InChI=1S/C23H23F3N8O2/c1-14-12-33(6-7-34(14)20-5-4-16(11-27-20)23(24,25)26)13-15-10-28-32-21(15)22(35)29-19-9-17(30-31-19)18-3-2-8-36-18/h2-5,8-11,14H,6-7,12-13H2,1H3,(H,28,32)(H2,29,30,31,35)/t14-/m1/s1. The van der Waals surface area contributed by atoms with Gasteiger partial charge < -0.3 is 14.6 Å². The Labute approximate surface area is 203 Å². The predicted octanol–water partition coefficient (Wildman–Crippen LogP) is 3.77. The molecule has 1 saturated heterocycles. The molecule has 3 N–H and O–H groups in total. The Balaban J connectivity index is 1.20. The van der Waals surface area contributed by atoms with Gasteiger partial charge in [0.1, 0.15) is 17.2 Å². The molecule has 1 fully saturated rings. The van der Waals surface area contributed by atoms with Crippen molar-refractivity contribution in [1.29, 1.82) is 0 Å². The maximum absolute atomic E-state index is 12.9. The van der Waals surface area contributed by atoms with Gasteiger partial charge in [-0.05, 0) is 31.2 Å². The molecular formula is C23H23F3N8O2. The van der Waals surface area contributed by atoms with Gasteiger partial charge in [0.25, 0.3) is 5.91 Å². The van der Waals surface area contributed by atoms with Crippen molar-refractivity contribution in [2.75, 3.05) is 29.9 Å². The number of nitrogens with one attached hydrogen (secondary N) is 3. The fraction of sp³-hybridized carbons (Fsp3) is 0.304. The lowest BCUT2D eigenvalue weighted by Crippen LogP contribution is -2.52. The Bertz CT molecular complexity index is 1310. The summed E-state index contributed by atoms with van der Waals surface area (Å²) in [5.41, 5.74) is 0.921. The van der Waals surface area contributed by atoms with Crippen molar-refractivity contribution in [2.45, 2.75) is 25.7 Å². The number of hydrogen-bond acceptors (Lipinski definition) is 7. The fourth-order valence-corrected chi connectivity index (χ4v) is 4.23. The molecule has 4 aromatic heterocycles. The summed E-state index contributed by atoms with van der Waals surface area (Å²) in [7, 11) is 0. The van der Waals surface area contributed by atoms with Crippen LogP contribution in [0.4, 0.5) is 24.8 Å². The van der Waals surface area contributed by atoms with Crippen molar-refractivity contribution in [2.24, 2.45) is 0 Å². The van der Waals surface area contributed by atoms with Gasteiger partial charge in [0.15, 0.2) is 11.6 Å². The zero-order chi connectivity index (χ0) is 25.3. The van der Waals surface area contributed by atoms with Crippen LogP contribution in [-0.4, -0.2) is 61.9 Å². The van der Waals surface area contributed by atoms with Crippen LogP contribution in [0.5, 0.6) is 0 Å². The zero-order valence-corrected chi connectivity index (χ0v) is 19.2. The number of carbonyl (C=O) groups is 1. The molecule has 10 nitrogen and oxygen atoms in total. The minimum atomic E-state index is -4.41. The molecule has 1 amide bonds. The van der Waals surface area contributed by atoms with Gasteiger partial charge in [0, 0.05) is 50.0 Å². The van der Waals surface area contributed by atoms with E-state index in [9.17, 15) is 18.0 Å². The number of amides is 1. The molecule has 0 radical (unpaired) electrons. The van der Waals surface area contributed by atoms with Crippen molar-refractivity contribution < 1.29 is 22.4 Å². The van der Waals surface area contributed by atoms with Crippen LogP contribution in [0.25, 0.3) is 11.5 Å². The maximum Gasteiger partial charge on any atom is 0.417 e. The highest BCUT2D eigenvalue weighted by atomic mass is 19.4. The van der Waals surface area contributed by atoms with E-state index in [1.807, 2.05) is 11.8 Å². The summed E-state index contributed by atoms with van der Waals surface area (Å²) in [6.45, 7) is 4.34. The van der Waals surface area contributed by atoms with Crippen molar-refractivity contribution in [3.8, 4) is 11.5 Å². The highest BCUT2D eigenvalue weighted by molar-refractivity contribution is 6.03. The first-order valence-electron chi connectivity index (χ1n) is 11.2. The molecule has 0 spiro atoms. The molecule has 0 aliphatic carbocycles. The summed E-state index contributed by atoms with van der Waals surface area (Å²) in [5.74, 6) is 1.08. The molecule has 1 aliphatic heterocycles. The Morgan fingerprint density at radius 1 is 1.22 bits per heavy atom. The first-order valence-corrected chi connectivity index (χ1v) is 11.2. The van der Waals surface area contributed by atoms with Crippen LogP contribution in [0.15, 0.2) is 53.4 Å². The van der Waals surface area contributed by atoms with Gasteiger partial charge >= 0.3 is 6.18 Å². The van der Waals surface area contributed by atoms with Crippen molar-refractivity contribution in [3.63, 3.8) is 0 Å². The molecular weight excluding hydrogens is 477 g/mol. The zero-order valence-electron chi connectivity index (χ0n) is 19.2. The second kappa shape index (κ2) is 9.49. The number of alkyl halides is 3. The minimum Gasteiger partial charge on any atom is -0.463 e. The third-order valence-electron chi connectivity index (χ3n) is 6.03. The average molecular weight is 500 g/mol. The first-order chi connectivity index (χ1) is 17.3. The molecule has 188 valence electrons. The second-order valence-electron chi connectivity index (χ2n) is 8.55. The molecule has 13 heteroatoms. The predicted molar refractivity (Wildman–Crippen MR) is 124 cm³/mol. The van der Waals surface area contributed by atoms with Gasteiger partial charge in [-0.25, -0.2) is 4.98 Å². The van der Waals surface area contributed by atoms with Crippen LogP contribution < -0.4 is 10.2 Å². The summed E-state index contributed by atoms with van der Waals surface area (Å²) in [6, 6.07) is 7.67. The van der Waals surface area contributed by atoms with Crippen LogP contribution in [0.2, 0.25) is 0 Å². The summed E-state index contributed by atoms with van der Waals surface area (Å²) < 4.78 is 43.8. The Morgan fingerprint density at radius 3 is 2.78 bits per heavy atom. The molecule has 5 rings (SSSR count). The molecule has 0 saturated carbocycles. The quantitative estimate of drug-likeness (QED) is 0.369. The van der Waals surface area contributed by atoms with Gasteiger partial charge in [0.2, 0.25) is 0 Å². The van der Waals surface area contributed by atoms with Crippen LogP contribution >= 0.6 is 0 Å². The van der Waals surface area contributed by atoms with E-state index >= 15 is 0 Å². The smallest absolute Gasteiger partial charge is 0.417 e. The van der Waals surface area contributed by atoms with Crippen molar-refractivity contribution >= 4 is 17.5 Å². The van der Waals surface area contributed by atoms with E-state index in [1.54, 1.807) is 30.7 Å². The number of anilines is 2. The number of furan rings is 1. The molecule has 1 atom stereocenters. The van der Waals surface area contributed by atoms with Gasteiger partial charge in [-0.2, -0.15) is 23.4 Å². The van der Waals surface area contributed by atoms with E-state index in [0.29, 0.717) is 55.0 Å². The monoisotopic (exact) mass is 500 g/mol.